The molecule has 0 aromatic heterocycles. The monoisotopic (exact) mass is 542 g/mol. The molecule has 0 bridgehead atoms. The van der Waals surface area contributed by atoms with Crippen LogP contribution in [0.25, 0.3) is 0 Å². The smallest absolute Gasteiger partial charge is 0.267 e. The van der Waals surface area contributed by atoms with Gasteiger partial charge in [0.15, 0.2) is 0 Å². The van der Waals surface area contributed by atoms with Gasteiger partial charge in [0.2, 0.25) is 20.0 Å². The largest absolute Gasteiger partial charge is 0.493 e. The minimum absolute atomic E-state index is 0.0362. The number of rotatable bonds is 8. The number of hydrogen-bond donors (Lipinski definition) is 1. The second-order valence-corrected chi connectivity index (χ2v) is 13.1. The molecule has 0 unspecified atom stereocenters. The predicted molar refractivity (Wildman–Crippen MR) is 129 cm³/mol. The third-order valence-electron chi connectivity index (χ3n) is 6.44. The van der Waals surface area contributed by atoms with Gasteiger partial charge in [-0.15, -0.1) is 0 Å². The summed E-state index contributed by atoms with van der Waals surface area (Å²) >= 11 is 0. The highest BCUT2D eigenvalue weighted by atomic mass is 32.2. The molecule has 8 nitrogen and oxygen atoms in total. The fourth-order valence-electron chi connectivity index (χ4n) is 4.37. The first-order valence-electron chi connectivity index (χ1n) is 11.6. The molecule has 1 saturated carbocycles. The van der Waals surface area contributed by atoms with Crippen LogP contribution in [0.15, 0.2) is 35.2 Å². The normalized spacial score (nSPS) is 17.7. The summed E-state index contributed by atoms with van der Waals surface area (Å²) in [6.07, 6.45) is 3.60. The van der Waals surface area contributed by atoms with Gasteiger partial charge in [-0.25, -0.2) is 30.3 Å². The van der Waals surface area contributed by atoms with Crippen molar-refractivity contribution >= 4 is 26.0 Å². The fraction of sp³-hybridized carbons (Fsp3) is 0.458. The van der Waals surface area contributed by atoms with Gasteiger partial charge in [0.05, 0.1) is 23.3 Å². The topological polar surface area (TPSA) is 110 Å². The van der Waals surface area contributed by atoms with Crippen LogP contribution in [-0.4, -0.2) is 53.0 Å². The van der Waals surface area contributed by atoms with Gasteiger partial charge in [-0.3, -0.25) is 4.79 Å². The molecule has 1 aliphatic heterocycles. The third-order valence-corrected chi connectivity index (χ3v) is 9.06. The van der Waals surface area contributed by atoms with Gasteiger partial charge in [0.1, 0.15) is 17.4 Å². The van der Waals surface area contributed by atoms with Crippen LogP contribution in [0.3, 0.4) is 0 Å². The molecule has 196 valence electrons. The maximum atomic E-state index is 14.7. The maximum absolute atomic E-state index is 14.7. The first-order chi connectivity index (χ1) is 16.8. The van der Waals surface area contributed by atoms with Crippen LogP contribution < -0.4 is 9.46 Å². The molecule has 1 saturated heterocycles. The van der Waals surface area contributed by atoms with E-state index in [1.807, 2.05) is 0 Å². The number of piperidine rings is 1. The van der Waals surface area contributed by atoms with E-state index in [1.54, 1.807) is 11.6 Å². The Balaban J connectivity index is 1.41. The molecule has 0 spiro atoms. The summed E-state index contributed by atoms with van der Waals surface area (Å²) in [6, 6.07) is 6.07. The second-order valence-electron chi connectivity index (χ2n) is 9.42. The van der Waals surface area contributed by atoms with E-state index < -0.39 is 37.6 Å². The molecule has 1 aliphatic carbocycles. The Bertz CT molecular complexity index is 1380. The molecule has 1 heterocycles. The van der Waals surface area contributed by atoms with Crippen molar-refractivity contribution in [1.29, 1.82) is 0 Å². The lowest BCUT2D eigenvalue weighted by Crippen LogP contribution is -2.39. The molecule has 1 amide bonds. The van der Waals surface area contributed by atoms with Crippen LogP contribution >= 0.6 is 0 Å². The molecule has 2 aromatic carbocycles. The van der Waals surface area contributed by atoms with E-state index in [0.717, 1.165) is 31.2 Å². The van der Waals surface area contributed by atoms with Crippen molar-refractivity contribution in [2.24, 2.45) is 5.92 Å². The van der Waals surface area contributed by atoms with Crippen LogP contribution in [0.1, 0.15) is 53.1 Å². The molecule has 2 fully saturated rings. The summed E-state index contributed by atoms with van der Waals surface area (Å²) in [4.78, 5) is 12.3. The molecule has 1 N–H and O–H groups in total. The van der Waals surface area contributed by atoms with E-state index >= 15 is 0 Å². The van der Waals surface area contributed by atoms with Gasteiger partial charge in [-0.1, -0.05) is 0 Å². The molecule has 4 rings (SSSR count). The first kappa shape index (κ1) is 26.5. The van der Waals surface area contributed by atoms with Gasteiger partial charge in [0.25, 0.3) is 5.91 Å². The van der Waals surface area contributed by atoms with Crippen molar-refractivity contribution in [3.8, 4) is 5.75 Å². The minimum atomic E-state index is -3.84. The molecule has 0 radical (unpaired) electrons. The highest BCUT2D eigenvalue weighted by molar-refractivity contribution is 7.89. The molecule has 2 aromatic rings. The Morgan fingerprint density at radius 3 is 2.31 bits per heavy atom. The predicted octanol–water partition coefficient (Wildman–Crippen LogP) is 3.32. The zero-order valence-corrected chi connectivity index (χ0v) is 21.6. The Morgan fingerprint density at radius 2 is 1.72 bits per heavy atom. The number of hydrogen-bond acceptors (Lipinski definition) is 6. The highest BCUT2D eigenvalue weighted by Crippen LogP contribution is 2.45. The number of amides is 1. The Kier molecular flexibility index (Phi) is 7.40. The number of halogens is 2. The number of ether oxygens (including phenoxy) is 1. The van der Waals surface area contributed by atoms with Gasteiger partial charge in [0, 0.05) is 19.2 Å². The third kappa shape index (κ3) is 6.04. The number of nitrogens with zero attached hydrogens (tertiary/aromatic N) is 1. The maximum Gasteiger partial charge on any atom is 0.267 e. The number of carbonyl (C=O) groups excluding carboxylic acids is 1. The number of benzene rings is 2. The average Bonchev–Trinajstić information content (AvgIpc) is 3.62. The van der Waals surface area contributed by atoms with E-state index in [-0.39, 0.29) is 42.0 Å². The Labute approximate surface area is 209 Å². The quantitative estimate of drug-likeness (QED) is 0.548. The molecule has 2 aliphatic rings. The van der Waals surface area contributed by atoms with Crippen molar-refractivity contribution in [1.82, 2.24) is 9.03 Å². The summed E-state index contributed by atoms with van der Waals surface area (Å²) in [5.74, 6) is -1.96. The van der Waals surface area contributed by atoms with Crippen molar-refractivity contribution in [2.75, 3.05) is 26.0 Å². The fourth-order valence-corrected chi connectivity index (χ4v) is 6.50. The van der Waals surface area contributed by atoms with E-state index in [4.69, 9.17) is 4.74 Å². The van der Waals surface area contributed by atoms with Crippen molar-refractivity contribution < 1.29 is 35.1 Å². The average molecular weight is 543 g/mol. The van der Waals surface area contributed by atoms with Crippen LogP contribution in [0.2, 0.25) is 0 Å². The lowest BCUT2D eigenvalue weighted by Gasteiger charge is -2.31. The molecular formula is C24H28F2N2O6S2. The van der Waals surface area contributed by atoms with Crippen molar-refractivity contribution in [2.45, 2.75) is 43.4 Å². The number of sulfonamides is 2. The Morgan fingerprint density at radius 1 is 1.06 bits per heavy atom. The number of carbonyl (C=O) groups is 1. The molecular weight excluding hydrogens is 514 g/mol. The molecule has 36 heavy (non-hydrogen) atoms. The van der Waals surface area contributed by atoms with Crippen LogP contribution in [0.4, 0.5) is 8.78 Å². The summed E-state index contributed by atoms with van der Waals surface area (Å²) in [5.41, 5.74) is 0.648. The van der Waals surface area contributed by atoms with Gasteiger partial charge >= 0.3 is 0 Å². The number of aryl methyl sites for hydroxylation is 1. The second kappa shape index (κ2) is 10.1. The summed E-state index contributed by atoms with van der Waals surface area (Å²) < 4.78 is 85.9. The molecule has 12 heteroatoms. The standard InChI is InChI=1S/C24H28F2N2O6S2/c1-15-11-18(25)5-6-23(15)36(32,33)28-9-7-16(8-10-28)14-34-22-13-21(26)20(12-19(22)17-3-4-17)24(29)27-35(2,30)31/h5-6,11-13,16-17H,3-4,7-10,14H2,1-2H3,(H,27,29). The number of nitrogens with one attached hydrogen (secondary N) is 1. The lowest BCUT2D eigenvalue weighted by atomic mass is 9.99. The van der Waals surface area contributed by atoms with Gasteiger partial charge in [-0.05, 0) is 79.8 Å². The minimum Gasteiger partial charge on any atom is -0.493 e. The van der Waals surface area contributed by atoms with Crippen LogP contribution in [0, 0.1) is 24.5 Å². The lowest BCUT2D eigenvalue weighted by molar-refractivity contribution is 0.0977. The zero-order chi connectivity index (χ0) is 26.3. The zero-order valence-electron chi connectivity index (χ0n) is 20.0. The van der Waals surface area contributed by atoms with Gasteiger partial charge < -0.3 is 4.74 Å². The van der Waals surface area contributed by atoms with E-state index in [0.29, 0.717) is 29.7 Å². The van der Waals surface area contributed by atoms with Gasteiger partial charge in [-0.2, -0.15) is 4.31 Å². The van der Waals surface area contributed by atoms with E-state index in [1.165, 1.54) is 22.5 Å². The van der Waals surface area contributed by atoms with E-state index in [9.17, 15) is 30.4 Å². The first-order valence-corrected chi connectivity index (χ1v) is 14.9. The Hall–Kier alpha value is -2.57. The SMILES string of the molecule is Cc1cc(F)ccc1S(=O)(=O)N1CCC(COc2cc(F)c(C(=O)NS(C)(=O)=O)cc2C2CC2)CC1. The summed E-state index contributed by atoms with van der Waals surface area (Å²) in [5, 5.41) is 0. The van der Waals surface area contributed by atoms with Crippen molar-refractivity contribution in [3.63, 3.8) is 0 Å². The molecule has 0 atom stereocenters. The van der Waals surface area contributed by atoms with E-state index in [2.05, 4.69) is 0 Å². The summed E-state index contributed by atoms with van der Waals surface area (Å²) in [6.45, 7) is 2.37. The van der Waals surface area contributed by atoms with Crippen LogP contribution in [-0.2, 0) is 20.0 Å². The van der Waals surface area contributed by atoms with Crippen LogP contribution in [0.5, 0.6) is 5.75 Å². The van der Waals surface area contributed by atoms with Crippen molar-refractivity contribution in [3.05, 3.63) is 58.7 Å². The highest BCUT2D eigenvalue weighted by Gasteiger charge is 2.32. The summed E-state index contributed by atoms with van der Waals surface area (Å²) in [7, 11) is -7.58.